The van der Waals surface area contributed by atoms with E-state index in [1.54, 1.807) is 11.3 Å². The van der Waals surface area contributed by atoms with Crippen LogP contribution in [0.2, 0.25) is 0 Å². The summed E-state index contributed by atoms with van der Waals surface area (Å²) in [6, 6.07) is 18.3. The summed E-state index contributed by atoms with van der Waals surface area (Å²) in [6.07, 6.45) is 0. The Labute approximate surface area is 132 Å². The smallest absolute Gasteiger partial charge is 0.199 e. The van der Waals surface area contributed by atoms with Gasteiger partial charge in [-0.25, -0.2) is 0 Å². The van der Waals surface area contributed by atoms with E-state index in [2.05, 4.69) is 29.6 Å². The molecule has 3 aromatic rings. The predicted octanol–water partition coefficient (Wildman–Crippen LogP) is 2.23. The molecule has 1 aromatic heterocycles. The van der Waals surface area contributed by atoms with Crippen LogP contribution in [0.4, 0.5) is 5.00 Å². The molecule has 4 heteroatoms. The molecule has 2 aromatic carbocycles. The Hall–Kier alpha value is -2.17. The van der Waals surface area contributed by atoms with Crippen LogP contribution in [0.25, 0.3) is 10.1 Å². The van der Waals surface area contributed by atoms with E-state index >= 15 is 0 Å². The third kappa shape index (κ3) is 2.40. The van der Waals surface area contributed by atoms with Crippen molar-refractivity contribution in [3.05, 3.63) is 75.9 Å². The molecule has 0 fully saturated rings. The molecule has 0 saturated heterocycles. The highest BCUT2D eigenvalue weighted by Crippen LogP contribution is 2.27. The summed E-state index contributed by atoms with van der Waals surface area (Å²) in [5, 5.41) is 5.33. The second kappa shape index (κ2) is 5.55. The molecular weight excluding hydrogens is 292 g/mol. The molecule has 0 aliphatic carbocycles. The van der Waals surface area contributed by atoms with Crippen molar-refractivity contribution < 1.29 is 4.90 Å². The van der Waals surface area contributed by atoms with E-state index in [1.165, 1.54) is 10.5 Å². The van der Waals surface area contributed by atoms with E-state index < -0.39 is 0 Å². The van der Waals surface area contributed by atoms with Crippen LogP contribution in [-0.2, 0) is 13.1 Å². The number of quaternary nitrogens is 1. The first-order chi connectivity index (χ1) is 10.8. The van der Waals surface area contributed by atoms with Crippen molar-refractivity contribution in [1.29, 1.82) is 0 Å². The highest BCUT2D eigenvalue weighted by atomic mass is 32.1. The van der Waals surface area contributed by atoms with Gasteiger partial charge in [0.2, 0.25) is 0 Å². The number of hydrogen-bond acceptors (Lipinski definition) is 3. The normalized spacial score (nSPS) is 17.0. The van der Waals surface area contributed by atoms with Gasteiger partial charge in [-0.1, -0.05) is 42.5 Å². The van der Waals surface area contributed by atoms with Crippen LogP contribution in [0, 0.1) is 0 Å². The van der Waals surface area contributed by atoms with Crippen LogP contribution in [-0.4, -0.2) is 6.67 Å². The van der Waals surface area contributed by atoms with Crippen LogP contribution in [0.5, 0.6) is 0 Å². The summed E-state index contributed by atoms with van der Waals surface area (Å²) in [5.41, 5.74) is 2.42. The van der Waals surface area contributed by atoms with Crippen molar-refractivity contribution in [3.8, 4) is 0 Å². The molecule has 2 heterocycles. The van der Waals surface area contributed by atoms with E-state index in [0.717, 1.165) is 40.4 Å². The summed E-state index contributed by atoms with van der Waals surface area (Å²) in [5.74, 6) is 0. The average molecular weight is 309 g/mol. The summed E-state index contributed by atoms with van der Waals surface area (Å²) in [4.78, 5) is 14.1. The zero-order chi connectivity index (χ0) is 14.9. The first-order valence-corrected chi connectivity index (χ1v) is 8.29. The maximum atomic E-state index is 12.7. The van der Waals surface area contributed by atoms with Gasteiger partial charge in [0, 0.05) is 15.6 Å². The third-order valence-corrected chi connectivity index (χ3v) is 5.29. The lowest BCUT2D eigenvalue weighted by Crippen LogP contribution is -3.11. The molecule has 1 unspecified atom stereocenters. The Morgan fingerprint density at radius 1 is 1.05 bits per heavy atom. The van der Waals surface area contributed by atoms with E-state index in [1.807, 2.05) is 30.3 Å². The van der Waals surface area contributed by atoms with Gasteiger partial charge in [0.25, 0.3) is 0 Å². The van der Waals surface area contributed by atoms with Crippen LogP contribution >= 0.6 is 11.3 Å². The molecule has 1 atom stereocenters. The van der Waals surface area contributed by atoms with Gasteiger partial charge in [0.1, 0.15) is 18.1 Å². The summed E-state index contributed by atoms with van der Waals surface area (Å²) < 4.78 is 1.06. The van der Waals surface area contributed by atoms with Crippen LogP contribution < -0.4 is 15.6 Å². The zero-order valence-corrected chi connectivity index (χ0v) is 13.0. The first kappa shape index (κ1) is 13.5. The minimum absolute atomic E-state index is 0.183. The first-order valence-electron chi connectivity index (χ1n) is 7.47. The van der Waals surface area contributed by atoms with Gasteiger partial charge < -0.3 is 10.2 Å². The third-order valence-electron chi connectivity index (χ3n) is 4.11. The molecule has 2 N–H and O–H groups in total. The second-order valence-corrected chi connectivity index (χ2v) is 6.73. The second-order valence-electron chi connectivity index (χ2n) is 5.68. The maximum Gasteiger partial charge on any atom is 0.199 e. The van der Waals surface area contributed by atoms with Gasteiger partial charge in [-0.2, -0.15) is 0 Å². The van der Waals surface area contributed by atoms with Crippen molar-refractivity contribution in [2.75, 3.05) is 12.0 Å². The predicted molar refractivity (Wildman–Crippen MR) is 91.4 cm³/mol. The Morgan fingerprint density at radius 3 is 2.68 bits per heavy atom. The fourth-order valence-corrected chi connectivity index (χ4v) is 4.08. The highest BCUT2D eigenvalue weighted by molar-refractivity contribution is 7.22. The summed E-state index contributed by atoms with van der Waals surface area (Å²) >= 11 is 1.69. The van der Waals surface area contributed by atoms with Gasteiger partial charge in [-0.05, 0) is 12.1 Å². The van der Waals surface area contributed by atoms with Crippen LogP contribution in [0.1, 0.15) is 11.1 Å². The highest BCUT2D eigenvalue weighted by Gasteiger charge is 2.23. The Bertz CT molecular complexity index is 873. The zero-order valence-electron chi connectivity index (χ0n) is 12.1. The molecule has 0 bridgehead atoms. The van der Waals surface area contributed by atoms with Crippen molar-refractivity contribution >= 4 is 26.4 Å². The van der Waals surface area contributed by atoms with Crippen molar-refractivity contribution in [2.45, 2.75) is 13.1 Å². The molecule has 0 amide bonds. The Balaban J connectivity index is 1.68. The maximum absolute atomic E-state index is 12.7. The molecule has 1 aliphatic heterocycles. The molecule has 110 valence electrons. The van der Waals surface area contributed by atoms with E-state index in [-0.39, 0.29) is 5.43 Å². The van der Waals surface area contributed by atoms with Gasteiger partial charge in [0.15, 0.2) is 12.1 Å². The molecular formula is C18H17N2OS+. The monoisotopic (exact) mass is 309 g/mol. The molecule has 1 aliphatic rings. The number of anilines is 1. The quantitative estimate of drug-likeness (QED) is 0.761. The molecule has 3 nitrogen and oxygen atoms in total. The van der Waals surface area contributed by atoms with Crippen LogP contribution in [0.3, 0.4) is 0 Å². The van der Waals surface area contributed by atoms with Gasteiger partial charge >= 0.3 is 0 Å². The Kier molecular flexibility index (Phi) is 3.41. The standard InChI is InChI=1S/C18H16N2OS/c21-17-14-8-4-5-9-16(14)22-18-15(17)11-20(12-19-18)10-13-6-2-1-3-7-13/h1-9,19H,10-12H2/p+1. The average Bonchev–Trinajstić information content (AvgIpc) is 2.57. The summed E-state index contributed by atoms with van der Waals surface area (Å²) in [6.45, 7) is 2.58. The number of fused-ring (bicyclic) bond motifs is 2. The minimum atomic E-state index is 0.183. The molecule has 22 heavy (non-hydrogen) atoms. The molecule has 0 spiro atoms. The molecule has 0 saturated carbocycles. The summed E-state index contributed by atoms with van der Waals surface area (Å²) in [7, 11) is 0. The molecule has 0 radical (unpaired) electrons. The van der Waals surface area contributed by atoms with Crippen molar-refractivity contribution in [2.24, 2.45) is 0 Å². The number of benzene rings is 2. The van der Waals surface area contributed by atoms with E-state index in [0.29, 0.717) is 0 Å². The topological polar surface area (TPSA) is 33.5 Å². The van der Waals surface area contributed by atoms with Crippen LogP contribution in [0.15, 0.2) is 59.4 Å². The largest absolute Gasteiger partial charge is 0.330 e. The van der Waals surface area contributed by atoms with Gasteiger partial charge in [0.05, 0.1) is 5.56 Å². The fraction of sp³-hybridized carbons (Fsp3) is 0.167. The van der Waals surface area contributed by atoms with E-state index in [4.69, 9.17) is 0 Å². The fourth-order valence-electron chi connectivity index (χ4n) is 3.01. The lowest BCUT2D eigenvalue weighted by Gasteiger charge is -2.26. The van der Waals surface area contributed by atoms with Gasteiger partial charge in [-0.15, -0.1) is 11.3 Å². The lowest BCUT2D eigenvalue weighted by atomic mass is 10.1. The minimum Gasteiger partial charge on any atom is -0.330 e. The SMILES string of the molecule is O=c1c2c(sc3ccccc13)NC[NH+](Cc1ccccc1)C2. The Morgan fingerprint density at radius 2 is 1.82 bits per heavy atom. The van der Waals surface area contributed by atoms with Crippen molar-refractivity contribution in [1.82, 2.24) is 0 Å². The number of nitrogens with one attached hydrogen (secondary N) is 2. The van der Waals surface area contributed by atoms with Crippen molar-refractivity contribution in [3.63, 3.8) is 0 Å². The van der Waals surface area contributed by atoms with E-state index in [9.17, 15) is 4.79 Å². The lowest BCUT2D eigenvalue weighted by molar-refractivity contribution is -0.925. The number of hydrogen-bond donors (Lipinski definition) is 2. The molecule has 4 rings (SSSR count). The van der Waals surface area contributed by atoms with Gasteiger partial charge in [-0.3, -0.25) is 4.79 Å². The number of rotatable bonds is 2.